The summed E-state index contributed by atoms with van der Waals surface area (Å²) in [7, 11) is 0. The van der Waals surface area contributed by atoms with E-state index in [1.54, 1.807) is 6.07 Å². The van der Waals surface area contributed by atoms with E-state index in [-0.39, 0.29) is 40.9 Å². The summed E-state index contributed by atoms with van der Waals surface area (Å²) in [6, 6.07) is 4.63. The maximum atomic E-state index is 11.5. The monoisotopic (exact) mass is 286 g/mol. The standard InChI is InChI=1S/C16H24O3.Na/c1-2-3-4-5-6-7-8-9-13-10-11-14(16(18)19)15(17)12-13;/h10-12,17H,2-9H2,1H3,(H,18,19);/q;+1/p-1. The summed E-state index contributed by atoms with van der Waals surface area (Å²) in [6.45, 7) is 2.21. The van der Waals surface area contributed by atoms with Crippen molar-refractivity contribution in [2.45, 2.75) is 58.3 Å². The molecule has 0 spiro atoms. The molecule has 0 heterocycles. The quantitative estimate of drug-likeness (QED) is 0.538. The first-order valence-corrected chi connectivity index (χ1v) is 7.18. The van der Waals surface area contributed by atoms with Gasteiger partial charge in [-0.25, -0.2) is 4.79 Å². The molecule has 1 rings (SSSR count). The van der Waals surface area contributed by atoms with Gasteiger partial charge in [0.05, 0.1) is 5.56 Å². The van der Waals surface area contributed by atoms with Crippen molar-refractivity contribution in [3.8, 4) is 5.75 Å². The van der Waals surface area contributed by atoms with Gasteiger partial charge in [0, 0.05) is 0 Å². The molecule has 106 valence electrons. The van der Waals surface area contributed by atoms with Crippen molar-refractivity contribution >= 4 is 5.97 Å². The molecule has 0 radical (unpaired) electrons. The van der Waals surface area contributed by atoms with Gasteiger partial charge in [-0.2, -0.15) is 0 Å². The average molecular weight is 286 g/mol. The van der Waals surface area contributed by atoms with Gasteiger partial charge in [-0.1, -0.05) is 63.3 Å². The first kappa shape index (κ1) is 19.5. The molecule has 1 N–H and O–H groups in total. The van der Waals surface area contributed by atoms with E-state index in [9.17, 15) is 9.90 Å². The maximum Gasteiger partial charge on any atom is 1.00 e. The SMILES string of the molecule is CCCCCCCCCc1ccc(C(=O)O)c([O-])c1.[Na+]. The van der Waals surface area contributed by atoms with Gasteiger partial charge in [0.1, 0.15) is 0 Å². The molecule has 0 aliphatic heterocycles. The molecule has 0 atom stereocenters. The van der Waals surface area contributed by atoms with Gasteiger partial charge in [-0.3, -0.25) is 0 Å². The fourth-order valence-corrected chi connectivity index (χ4v) is 2.19. The molecule has 1 aromatic carbocycles. The third kappa shape index (κ3) is 7.32. The van der Waals surface area contributed by atoms with Crippen LogP contribution < -0.4 is 34.7 Å². The zero-order valence-electron chi connectivity index (χ0n) is 12.7. The fourth-order valence-electron chi connectivity index (χ4n) is 2.19. The Bertz CT molecular complexity index is 405. The molecule has 0 saturated carbocycles. The second kappa shape index (κ2) is 11.2. The molecule has 0 aliphatic carbocycles. The molecule has 0 bridgehead atoms. The summed E-state index contributed by atoms with van der Waals surface area (Å²) in [5, 5.41) is 20.3. The molecule has 3 nitrogen and oxygen atoms in total. The third-order valence-corrected chi connectivity index (χ3v) is 3.35. The van der Waals surface area contributed by atoms with Crippen LogP contribution in [-0.4, -0.2) is 11.1 Å². The van der Waals surface area contributed by atoms with Crippen LogP contribution in [0.15, 0.2) is 18.2 Å². The number of carboxylic acids is 1. The van der Waals surface area contributed by atoms with E-state index >= 15 is 0 Å². The first-order chi connectivity index (χ1) is 9.15. The summed E-state index contributed by atoms with van der Waals surface area (Å²) in [5.41, 5.74) is 0.812. The van der Waals surface area contributed by atoms with E-state index in [2.05, 4.69) is 6.92 Å². The maximum absolute atomic E-state index is 11.5. The van der Waals surface area contributed by atoms with Gasteiger partial charge in [-0.05, 0) is 24.5 Å². The topological polar surface area (TPSA) is 60.4 Å². The molecule has 4 heteroatoms. The zero-order valence-corrected chi connectivity index (χ0v) is 14.7. The van der Waals surface area contributed by atoms with Crippen molar-refractivity contribution in [2.24, 2.45) is 0 Å². The normalized spacial score (nSPS) is 10.1. The molecule has 0 amide bonds. The number of aryl methyl sites for hydroxylation is 1. The van der Waals surface area contributed by atoms with Crippen molar-refractivity contribution in [2.75, 3.05) is 0 Å². The molecule has 0 saturated heterocycles. The minimum atomic E-state index is -1.15. The number of carboxylic acid groups (broad SMARTS) is 1. The molecule has 0 aromatic heterocycles. The Labute approximate surface area is 143 Å². The number of carbonyl (C=O) groups is 1. The van der Waals surface area contributed by atoms with E-state index in [4.69, 9.17) is 5.11 Å². The van der Waals surface area contributed by atoms with Gasteiger partial charge in [-0.15, -0.1) is 0 Å². The van der Waals surface area contributed by atoms with Crippen LogP contribution in [0, 0.1) is 0 Å². The van der Waals surface area contributed by atoms with E-state index in [1.807, 2.05) is 0 Å². The Morgan fingerprint density at radius 3 is 2.25 bits per heavy atom. The molecular formula is C16H23NaO3. The van der Waals surface area contributed by atoms with Crippen LogP contribution in [0.5, 0.6) is 5.75 Å². The van der Waals surface area contributed by atoms with Crippen molar-refractivity contribution < 1.29 is 44.6 Å². The number of hydrogen-bond donors (Lipinski definition) is 1. The predicted octanol–water partition coefficient (Wildman–Crippen LogP) is 0.756. The minimum Gasteiger partial charge on any atom is -0.872 e. The fraction of sp³-hybridized carbons (Fsp3) is 0.562. The van der Waals surface area contributed by atoms with Crippen LogP contribution in [0.3, 0.4) is 0 Å². The number of aromatic carboxylic acids is 1. The Balaban J connectivity index is 0.00000361. The van der Waals surface area contributed by atoms with Gasteiger partial charge in [0.2, 0.25) is 0 Å². The summed E-state index contributed by atoms with van der Waals surface area (Å²) >= 11 is 0. The van der Waals surface area contributed by atoms with E-state index in [0.29, 0.717) is 0 Å². The van der Waals surface area contributed by atoms with Crippen LogP contribution in [0.25, 0.3) is 0 Å². The zero-order chi connectivity index (χ0) is 14.1. The summed E-state index contributed by atoms with van der Waals surface area (Å²) in [5.74, 6) is -1.53. The third-order valence-electron chi connectivity index (χ3n) is 3.35. The van der Waals surface area contributed by atoms with Crippen LogP contribution in [0.1, 0.15) is 67.8 Å². The van der Waals surface area contributed by atoms with Gasteiger partial charge < -0.3 is 10.2 Å². The molecule has 0 unspecified atom stereocenters. The number of hydrogen-bond acceptors (Lipinski definition) is 2. The summed E-state index contributed by atoms with van der Waals surface area (Å²) in [6.07, 6.45) is 9.54. The number of unbranched alkanes of at least 4 members (excludes halogenated alkanes) is 6. The van der Waals surface area contributed by atoms with Gasteiger partial charge in [0.25, 0.3) is 0 Å². The van der Waals surface area contributed by atoms with Crippen molar-refractivity contribution in [3.63, 3.8) is 0 Å². The van der Waals surface area contributed by atoms with Crippen LogP contribution in [0.4, 0.5) is 0 Å². The average Bonchev–Trinajstić information content (AvgIpc) is 2.37. The Hall–Kier alpha value is -0.510. The molecule has 1 aromatic rings. The molecule has 20 heavy (non-hydrogen) atoms. The Kier molecular flexibility index (Phi) is 10.9. The van der Waals surface area contributed by atoms with Gasteiger partial charge >= 0.3 is 35.5 Å². The van der Waals surface area contributed by atoms with Crippen LogP contribution in [0.2, 0.25) is 0 Å². The second-order valence-corrected chi connectivity index (χ2v) is 5.01. The van der Waals surface area contributed by atoms with Crippen molar-refractivity contribution in [3.05, 3.63) is 29.3 Å². The summed E-state index contributed by atoms with van der Waals surface area (Å²) in [4.78, 5) is 10.7. The molecule has 0 aliphatic rings. The van der Waals surface area contributed by atoms with E-state index in [1.165, 1.54) is 50.7 Å². The Morgan fingerprint density at radius 1 is 1.10 bits per heavy atom. The van der Waals surface area contributed by atoms with E-state index < -0.39 is 5.97 Å². The van der Waals surface area contributed by atoms with Crippen LogP contribution in [-0.2, 0) is 6.42 Å². The number of benzene rings is 1. The van der Waals surface area contributed by atoms with Crippen molar-refractivity contribution in [1.82, 2.24) is 0 Å². The Morgan fingerprint density at radius 2 is 1.70 bits per heavy atom. The minimum absolute atomic E-state index is 0. The second-order valence-electron chi connectivity index (χ2n) is 5.01. The molecule has 0 fully saturated rings. The largest absolute Gasteiger partial charge is 1.00 e. The summed E-state index contributed by atoms with van der Waals surface area (Å²) < 4.78 is 0. The van der Waals surface area contributed by atoms with Crippen LogP contribution >= 0.6 is 0 Å². The first-order valence-electron chi connectivity index (χ1n) is 7.18. The predicted molar refractivity (Wildman–Crippen MR) is 74.5 cm³/mol. The van der Waals surface area contributed by atoms with E-state index in [0.717, 1.165) is 18.4 Å². The number of rotatable bonds is 9. The smallest absolute Gasteiger partial charge is 0.872 e. The molecular weight excluding hydrogens is 263 g/mol. The van der Waals surface area contributed by atoms with Crippen molar-refractivity contribution in [1.29, 1.82) is 0 Å². The van der Waals surface area contributed by atoms with Gasteiger partial charge in [0.15, 0.2) is 0 Å².